The lowest BCUT2D eigenvalue weighted by Crippen LogP contribution is -2.41. The zero-order chi connectivity index (χ0) is 27.7. The molecule has 198 valence electrons. The molecule has 0 amide bonds. The average Bonchev–Trinajstić information content (AvgIpc) is 2.93. The van der Waals surface area contributed by atoms with Crippen molar-refractivity contribution in [3.05, 3.63) is 47.2 Å². The molecule has 0 radical (unpaired) electrons. The summed E-state index contributed by atoms with van der Waals surface area (Å²) in [5, 5.41) is 0. The zero-order valence-electron chi connectivity index (χ0n) is 23.3. The number of hydrogen-bond donors (Lipinski definition) is 0. The van der Waals surface area contributed by atoms with Crippen LogP contribution in [0.25, 0.3) is 0 Å². The third-order valence-corrected chi connectivity index (χ3v) is 4.83. The van der Waals surface area contributed by atoms with Crippen molar-refractivity contribution in [3.63, 3.8) is 0 Å². The van der Waals surface area contributed by atoms with Crippen molar-refractivity contribution in [2.24, 2.45) is 4.99 Å². The summed E-state index contributed by atoms with van der Waals surface area (Å²) in [6.07, 6.45) is 0. The van der Waals surface area contributed by atoms with Gasteiger partial charge in [0.15, 0.2) is 0 Å². The van der Waals surface area contributed by atoms with Gasteiger partial charge in [-0.3, -0.25) is 0 Å². The number of allylic oxidation sites excluding steroid dienone is 1. The molecule has 2 rings (SSSR count). The molecule has 0 aromatic heterocycles. The minimum atomic E-state index is -1.54. The van der Waals surface area contributed by atoms with E-state index in [-0.39, 0.29) is 11.3 Å². The molecule has 0 N–H and O–H groups in total. The molecular weight excluding hydrogens is 462 g/mol. The van der Waals surface area contributed by atoms with Gasteiger partial charge in [-0.05, 0) is 81.7 Å². The smallest absolute Gasteiger partial charge is 0.364 e. The summed E-state index contributed by atoms with van der Waals surface area (Å²) in [4.78, 5) is 44.0. The standard InChI is InChI=1S/C28H39NO7/c1-17-19(22(30)34-25(2,3)4)20(18-15-13-12-14-16-18)28(11,33-17)29-21(23(31)35-26(5,6)7)24(32)36-27(8,9)10/h12-16,20H,1-11H3. The van der Waals surface area contributed by atoms with E-state index in [0.29, 0.717) is 5.56 Å². The molecule has 0 fully saturated rings. The van der Waals surface area contributed by atoms with Crippen LogP contribution in [-0.4, -0.2) is 46.1 Å². The van der Waals surface area contributed by atoms with E-state index in [1.807, 2.05) is 30.3 Å². The van der Waals surface area contributed by atoms with Gasteiger partial charge in [-0.2, -0.15) is 0 Å². The van der Waals surface area contributed by atoms with E-state index in [1.165, 1.54) is 0 Å². The summed E-state index contributed by atoms with van der Waals surface area (Å²) in [5.74, 6) is -2.94. The summed E-state index contributed by atoms with van der Waals surface area (Å²) in [6, 6.07) is 9.14. The number of hydrogen-bond acceptors (Lipinski definition) is 8. The predicted octanol–water partition coefficient (Wildman–Crippen LogP) is 5.26. The number of esters is 3. The summed E-state index contributed by atoms with van der Waals surface area (Å²) in [6.45, 7) is 18.7. The Morgan fingerprint density at radius 3 is 1.67 bits per heavy atom. The minimum absolute atomic E-state index is 0.259. The lowest BCUT2D eigenvalue weighted by molar-refractivity contribution is -0.152. The molecule has 0 bridgehead atoms. The molecule has 1 aliphatic rings. The number of rotatable bonds is 5. The molecule has 8 nitrogen and oxygen atoms in total. The molecular formula is C28H39NO7. The fourth-order valence-corrected chi connectivity index (χ4v) is 3.75. The second-order valence-electron chi connectivity index (χ2n) is 11.9. The van der Waals surface area contributed by atoms with Crippen LogP contribution in [0.15, 0.2) is 46.7 Å². The first-order chi connectivity index (χ1) is 16.2. The normalized spacial score (nSPS) is 20.4. The topological polar surface area (TPSA) is 100 Å². The Labute approximate surface area is 214 Å². The Morgan fingerprint density at radius 1 is 0.806 bits per heavy atom. The highest BCUT2D eigenvalue weighted by Gasteiger charge is 2.51. The largest absolute Gasteiger partial charge is 0.470 e. The lowest BCUT2D eigenvalue weighted by Gasteiger charge is -2.30. The van der Waals surface area contributed by atoms with Gasteiger partial charge in [-0.1, -0.05) is 30.3 Å². The van der Waals surface area contributed by atoms with Gasteiger partial charge in [0.05, 0.1) is 11.5 Å². The molecule has 1 aliphatic heterocycles. The first-order valence-electron chi connectivity index (χ1n) is 12.0. The summed E-state index contributed by atoms with van der Waals surface area (Å²) >= 11 is 0. The van der Waals surface area contributed by atoms with E-state index in [4.69, 9.17) is 18.9 Å². The maximum atomic E-state index is 13.3. The quantitative estimate of drug-likeness (QED) is 0.235. The van der Waals surface area contributed by atoms with Crippen LogP contribution in [0.2, 0.25) is 0 Å². The average molecular weight is 502 g/mol. The van der Waals surface area contributed by atoms with E-state index in [9.17, 15) is 14.4 Å². The molecule has 1 aromatic rings. The second kappa shape index (κ2) is 10.1. The molecule has 1 aromatic carbocycles. The van der Waals surface area contributed by atoms with E-state index in [1.54, 1.807) is 76.2 Å². The highest BCUT2D eigenvalue weighted by atomic mass is 16.6. The molecule has 0 saturated heterocycles. The van der Waals surface area contributed by atoms with Gasteiger partial charge >= 0.3 is 17.9 Å². The van der Waals surface area contributed by atoms with Crippen LogP contribution in [0.1, 0.15) is 87.6 Å². The lowest BCUT2D eigenvalue weighted by atomic mass is 9.84. The van der Waals surface area contributed by atoms with Crippen LogP contribution in [0, 0.1) is 0 Å². The molecule has 8 heteroatoms. The van der Waals surface area contributed by atoms with Crippen LogP contribution in [0.5, 0.6) is 0 Å². The maximum absolute atomic E-state index is 13.3. The number of ether oxygens (including phenoxy) is 4. The first-order valence-corrected chi connectivity index (χ1v) is 12.0. The van der Waals surface area contributed by atoms with Gasteiger partial charge in [0.25, 0.3) is 0 Å². The summed E-state index contributed by atoms with van der Waals surface area (Å²) in [5.41, 5.74) is -3.64. The molecule has 2 unspecified atom stereocenters. The van der Waals surface area contributed by atoms with Gasteiger partial charge in [-0.25, -0.2) is 19.4 Å². The van der Waals surface area contributed by atoms with Gasteiger partial charge in [0, 0.05) is 0 Å². The van der Waals surface area contributed by atoms with Crippen molar-refractivity contribution in [3.8, 4) is 0 Å². The molecule has 0 saturated carbocycles. The van der Waals surface area contributed by atoms with Crippen molar-refractivity contribution >= 4 is 23.6 Å². The predicted molar refractivity (Wildman–Crippen MR) is 136 cm³/mol. The Morgan fingerprint density at radius 2 is 1.25 bits per heavy atom. The third-order valence-electron chi connectivity index (χ3n) is 4.83. The van der Waals surface area contributed by atoms with Gasteiger partial charge in [-0.15, -0.1) is 0 Å². The minimum Gasteiger partial charge on any atom is -0.470 e. The van der Waals surface area contributed by atoms with Crippen molar-refractivity contribution in [2.45, 2.75) is 105 Å². The Hall–Kier alpha value is -3.16. The SMILES string of the molecule is CC1=C(C(=O)OC(C)(C)C)C(c2ccccc2)C(C)(N=C(C(=O)OC(C)(C)C)C(=O)OC(C)(C)C)O1. The van der Waals surface area contributed by atoms with E-state index < -0.39 is 52.1 Å². The number of benzene rings is 1. The fraction of sp³-hybridized carbons (Fsp3) is 0.571. The third kappa shape index (κ3) is 7.67. The fourth-order valence-electron chi connectivity index (χ4n) is 3.75. The zero-order valence-corrected chi connectivity index (χ0v) is 23.3. The highest BCUT2D eigenvalue weighted by Crippen LogP contribution is 2.48. The van der Waals surface area contributed by atoms with Crippen LogP contribution in [-0.2, 0) is 33.3 Å². The van der Waals surface area contributed by atoms with Crippen molar-refractivity contribution < 1.29 is 33.3 Å². The van der Waals surface area contributed by atoms with Crippen LogP contribution in [0.4, 0.5) is 0 Å². The van der Waals surface area contributed by atoms with Crippen molar-refractivity contribution in [1.29, 1.82) is 0 Å². The van der Waals surface area contributed by atoms with Crippen LogP contribution >= 0.6 is 0 Å². The van der Waals surface area contributed by atoms with E-state index >= 15 is 0 Å². The summed E-state index contributed by atoms with van der Waals surface area (Å²) < 4.78 is 22.7. The number of nitrogens with zero attached hydrogens (tertiary/aromatic N) is 1. The Balaban J connectivity index is 2.69. The second-order valence-corrected chi connectivity index (χ2v) is 11.9. The van der Waals surface area contributed by atoms with Crippen molar-refractivity contribution in [1.82, 2.24) is 0 Å². The first kappa shape index (κ1) is 29.1. The van der Waals surface area contributed by atoms with E-state index in [2.05, 4.69) is 4.99 Å². The molecule has 36 heavy (non-hydrogen) atoms. The molecule has 1 heterocycles. The summed E-state index contributed by atoms with van der Waals surface area (Å²) in [7, 11) is 0. The van der Waals surface area contributed by atoms with Gasteiger partial charge in [0.2, 0.25) is 11.4 Å². The maximum Gasteiger partial charge on any atom is 0.364 e. The molecule has 2 atom stereocenters. The monoisotopic (exact) mass is 501 g/mol. The number of aliphatic imine (C=N–C) groups is 1. The highest BCUT2D eigenvalue weighted by molar-refractivity contribution is 6.62. The van der Waals surface area contributed by atoms with Crippen LogP contribution < -0.4 is 0 Å². The van der Waals surface area contributed by atoms with Crippen LogP contribution in [0.3, 0.4) is 0 Å². The number of carbonyl (C=O) groups excluding carboxylic acids is 3. The Kier molecular flexibility index (Phi) is 8.13. The van der Waals surface area contributed by atoms with Gasteiger partial charge < -0.3 is 18.9 Å². The van der Waals surface area contributed by atoms with Gasteiger partial charge in [0.1, 0.15) is 22.6 Å². The Bertz CT molecular complexity index is 1040. The molecule has 0 aliphatic carbocycles. The van der Waals surface area contributed by atoms with Crippen molar-refractivity contribution in [2.75, 3.05) is 0 Å². The van der Waals surface area contributed by atoms with E-state index in [0.717, 1.165) is 0 Å². The molecule has 0 spiro atoms. The number of carbonyl (C=O) groups is 3.